The maximum atomic E-state index is 14.3. The molecule has 0 spiro atoms. The molecule has 2 atom stereocenters. The second-order valence-corrected chi connectivity index (χ2v) is 8.08. The molecule has 2 unspecified atom stereocenters. The van der Waals surface area contributed by atoms with E-state index in [1.54, 1.807) is 11.6 Å². The van der Waals surface area contributed by atoms with Gasteiger partial charge in [0.1, 0.15) is 5.82 Å². The molecule has 0 saturated heterocycles. The van der Waals surface area contributed by atoms with Crippen LogP contribution in [-0.2, 0) is 11.0 Å². The van der Waals surface area contributed by atoms with Crippen LogP contribution in [0.2, 0.25) is 5.02 Å². The molecule has 0 radical (unpaired) electrons. The fourth-order valence-electron chi connectivity index (χ4n) is 2.33. The lowest BCUT2D eigenvalue weighted by Gasteiger charge is -2.21. The van der Waals surface area contributed by atoms with Crippen molar-refractivity contribution < 1.29 is 8.60 Å². The van der Waals surface area contributed by atoms with Gasteiger partial charge in [-0.3, -0.25) is 4.72 Å². The quantitative estimate of drug-likeness (QED) is 0.631. The van der Waals surface area contributed by atoms with E-state index < -0.39 is 16.8 Å². The van der Waals surface area contributed by atoms with E-state index in [4.69, 9.17) is 11.6 Å². The topological polar surface area (TPSA) is 66.0 Å². The summed E-state index contributed by atoms with van der Waals surface area (Å²) in [6, 6.07) is 2.94. The van der Waals surface area contributed by atoms with Crippen molar-refractivity contribution in [3.8, 4) is 0 Å². The lowest BCUT2D eigenvalue weighted by molar-refractivity contribution is 0.594. The number of aromatic nitrogens is 1. The number of hydrogen-bond donors (Lipinski definition) is 3. The van der Waals surface area contributed by atoms with Gasteiger partial charge in [-0.2, -0.15) is 0 Å². The zero-order valence-corrected chi connectivity index (χ0v) is 17.0. The minimum Gasteiger partial charge on any atom is -0.381 e. The highest BCUT2D eigenvalue weighted by Crippen LogP contribution is 2.30. The Morgan fingerprint density at radius 1 is 1.35 bits per heavy atom. The van der Waals surface area contributed by atoms with Gasteiger partial charge in [0.05, 0.1) is 15.6 Å². The molecular formula is C17H22ClFN4OS2. The molecule has 1 heterocycles. The number of thiazole rings is 1. The first kappa shape index (κ1) is 20.8. The summed E-state index contributed by atoms with van der Waals surface area (Å²) in [5, 5.41) is 8.56. The average molecular weight is 417 g/mol. The maximum Gasteiger partial charge on any atom is 0.194 e. The van der Waals surface area contributed by atoms with Gasteiger partial charge in [-0.05, 0) is 45.5 Å². The third-order valence-corrected chi connectivity index (χ3v) is 5.68. The summed E-state index contributed by atoms with van der Waals surface area (Å²) in [4.78, 5) is 3.98. The lowest BCUT2D eigenvalue weighted by Crippen LogP contribution is -2.20. The van der Waals surface area contributed by atoms with E-state index in [9.17, 15) is 8.60 Å². The summed E-state index contributed by atoms with van der Waals surface area (Å²) >= 11 is 7.52. The Labute approximate surface area is 164 Å². The molecule has 1 aliphatic carbocycles. The summed E-state index contributed by atoms with van der Waals surface area (Å²) in [5.74, 6) is -0.564. The summed E-state index contributed by atoms with van der Waals surface area (Å²) in [7, 11) is 2.00. The smallest absolute Gasteiger partial charge is 0.194 e. The Bertz CT molecular complexity index is 755. The van der Waals surface area contributed by atoms with Crippen LogP contribution in [0.5, 0.6) is 0 Å². The summed E-state index contributed by atoms with van der Waals surface area (Å²) in [6.07, 6.45) is 8.69. The normalized spacial score (nSPS) is 17.2. The van der Waals surface area contributed by atoms with Crippen LogP contribution in [0.15, 0.2) is 40.8 Å². The van der Waals surface area contributed by atoms with E-state index in [0.29, 0.717) is 15.8 Å². The Kier molecular flexibility index (Phi) is 8.50. The number of nitrogens with zero attached hydrogens (tertiary/aromatic N) is 1. The highest BCUT2D eigenvalue weighted by molar-refractivity contribution is 7.86. The molecule has 2 aromatic rings. The van der Waals surface area contributed by atoms with Crippen LogP contribution in [0.4, 0.5) is 15.2 Å². The van der Waals surface area contributed by atoms with Gasteiger partial charge in [0.15, 0.2) is 16.1 Å². The fraction of sp³-hybridized carbons (Fsp3) is 0.353. The van der Waals surface area contributed by atoms with Gasteiger partial charge < -0.3 is 10.6 Å². The first-order valence-corrected chi connectivity index (χ1v) is 10.5. The van der Waals surface area contributed by atoms with Crippen molar-refractivity contribution in [3.63, 3.8) is 0 Å². The molecule has 0 aliphatic heterocycles. The second kappa shape index (κ2) is 10.6. The lowest BCUT2D eigenvalue weighted by atomic mass is 10.0. The Morgan fingerprint density at radius 3 is 2.73 bits per heavy atom. The number of halogens is 2. The van der Waals surface area contributed by atoms with Crippen molar-refractivity contribution in [2.45, 2.75) is 30.2 Å². The number of anilines is 2. The minimum atomic E-state index is -1.75. The van der Waals surface area contributed by atoms with E-state index in [-0.39, 0.29) is 10.9 Å². The molecule has 0 fully saturated rings. The van der Waals surface area contributed by atoms with Gasteiger partial charge in [-0.15, -0.1) is 11.3 Å². The van der Waals surface area contributed by atoms with Crippen molar-refractivity contribution in [2.75, 3.05) is 24.1 Å². The van der Waals surface area contributed by atoms with Gasteiger partial charge in [-0.25, -0.2) is 13.6 Å². The Hall–Kier alpha value is -1.48. The number of nitrogens with one attached hydrogen (secondary N) is 3. The standard InChI is InChI=1S/C15H15ClFN3OS2.C2H7N/c16-11-8-14(23(21)20-15-18-6-7-22-15)12(17)9-13(11)19-10-4-2-1-3-5-10;1-3-2/h1-2,6-10,19H,3-5H2,(H,18,20);3H,1-2H3. The van der Waals surface area contributed by atoms with Crippen molar-refractivity contribution in [1.82, 2.24) is 10.3 Å². The molecule has 0 bridgehead atoms. The molecule has 26 heavy (non-hydrogen) atoms. The third-order valence-electron chi connectivity index (χ3n) is 3.46. The minimum absolute atomic E-state index is 0.0132. The van der Waals surface area contributed by atoms with Gasteiger partial charge in [0.25, 0.3) is 0 Å². The van der Waals surface area contributed by atoms with E-state index >= 15 is 0 Å². The third kappa shape index (κ3) is 6.05. The SMILES string of the molecule is CNC.O=S(Nc1nccs1)c1cc(Cl)c(NC2CC=CCC2)cc1F. The molecule has 0 saturated carbocycles. The molecule has 1 aromatic heterocycles. The monoisotopic (exact) mass is 416 g/mol. The molecular weight excluding hydrogens is 395 g/mol. The van der Waals surface area contributed by atoms with E-state index in [2.05, 4.69) is 32.5 Å². The first-order valence-electron chi connectivity index (χ1n) is 8.12. The number of allylic oxidation sites excluding steroid dienone is 1. The molecule has 9 heteroatoms. The van der Waals surface area contributed by atoms with Crippen molar-refractivity contribution in [2.24, 2.45) is 0 Å². The van der Waals surface area contributed by atoms with Crippen LogP contribution in [-0.4, -0.2) is 29.3 Å². The summed E-state index contributed by atoms with van der Waals surface area (Å²) < 4.78 is 29.2. The van der Waals surface area contributed by atoms with Crippen LogP contribution < -0.4 is 15.4 Å². The number of rotatable bonds is 5. The van der Waals surface area contributed by atoms with Gasteiger partial charge in [0, 0.05) is 17.6 Å². The van der Waals surface area contributed by atoms with Crippen LogP contribution in [0.1, 0.15) is 19.3 Å². The van der Waals surface area contributed by atoms with Crippen molar-refractivity contribution >= 4 is 44.7 Å². The molecule has 142 valence electrons. The van der Waals surface area contributed by atoms with Gasteiger partial charge >= 0.3 is 0 Å². The second-order valence-electron chi connectivity index (χ2n) is 5.60. The zero-order valence-electron chi connectivity index (χ0n) is 14.6. The van der Waals surface area contributed by atoms with Crippen LogP contribution in [0.3, 0.4) is 0 Å². The molecule has 0 amide bonds. The predicted molar refractivity (Wildman–Crippen MR) is 109 cm³/mol. The molecule has 1 aliphatic rings. The molecule has 3 N–H and O–H groups in total. The zero-order chi connectivity index (χ0) is 18.9. The van der Waals surface area contributed by atoms with Crippen LogP contribution >= 0.6 is 22.9 Å². The summed E-state index contributed by atoms with van der Waals surface area (Å²) in [5.41, 5.74) is 0.527. The molecule has 1 aromatic carbocycles. The maximum absolute atomic E-state index is 14.3. The highest BCUT2D eigenvalue weighted by Gasteiger charge is 2.17. The van der Waals surface area contributed by atoms with E-state index in [1.165, 1.54) is 23.5 Å². The molecule has 3 rings (SSSR count). The Morgan fingerprint density at radius 2 is 2.12 bits per heavy atom. The molecule has 5 nitrogen and oxygen atoms in total. The average Bonchev–Trinajstić information content (AvgIpc) is 3.12. The van der Waals surface area contributed by atoms with Crippen LogP contribution in [0.25, 0.3) is 0 Å². The van der Waals surface area contributed by atoms with Gasteiger partial charge in [-0.1, -0.05) is 23.8 Å². The first-order chi connectivity index (χ1) is 12.5. The summed E-state index contributed by atoms with van der Waals surface area (Å²) in [6.45, 7) is 0. The fourth-order valence-corrected chi connectivity index (χ4v) is 4.19. The van der Waals surface area contributed by atoms with E-state index in [1.807, 2.05) is 14.1 Å². The number of hydrogen-bond acceptors (Lipinski definition) is 5. The predicted octanol–water partition coefficient (Wildman–Crippen LogP) is 4.43. The number of benzene rings is 1. The largest absolute Gasteiger partial charge is 0.381 e. The van der Waals surface area contributed by atoms with Crippen molar-refractivity contribution in [1.29, 1.82) is 0 Å². The Balaban J connectivity index is 0.000000758. The van der Waals surface area contributed by atoms with Crippen molar-refractivity contribution in [3.05, 3.63) is 46.7 Å². The highest BCUT2D eigenvalue weighted by atomic mass is 35.5. The van der Waals surface area contributed by atoms with E-state index in [0.717, 1.165) is 19.3 Å². The van der Waals surface area contributed by atoms with Crippen LogP contribution in [0, 0.1) is 5.82 Å². The van der Waals surface area contributed by atoms with Gasteiger partial charge in [0.2, 0.25) is 0 Å².